The molecule has 0 aromatic heterocycles. The highest BCUT2D eigenvalue weighted by atomic mass is 16.5. The summed E-state index contributed by atoms with van der Waals surface area (Å²) in [5.41, 5.74) is 1.02. The van der Waals surface area contributed by atoms with Crippen molar-refractivity contribution < 1.29 is 19.1 Å². The third-order valence-corrected chi connectivity index (χ3v) is 3.33. The van der Waals surface area contributed by atoms with E-state index in [-0.39, 0.29) is 6.04 Å². The van der Waals surface area contributed by atoms with Crippen LogP contribution in [-0.2, 0) is 14.3 Å². The number of methoxy groups -OCH3 is 1. The van der Waals surface area contributed by atoms with Crippen LogP contribution in [0.4, 0.5) is 5.69 Å². The van der Waals surface area contributed by atoms with Gasteiger partial charge in [-0.1, -0.05) is 0 Å². The second-order valence-electron chi connectivity index (χ2n) is 5.55. The zero-order valence-corrected chi connectivity index (χ0v) is 14.5. The molecule has 2 aromatic carbocycles. The molecule has 0 aliphatic rings. The minimum absolute atomic E-state index is 0.263. The summed E-state index contributed by atoms with van der Waals surface area (Å²) < 4.78 is 10.6. The first-order chi connectivity index (χ1) is 12.5. The smallest absolute Gasteiger partial charge is 0.313 e. The highest BCUT2D eigenvalue weighted by Gasteiger charge is 2.16. The van der Waals surface area contributed by atoms with Crippen LogP contribution in [-0.4, -0.2) is 31.6 Å². The van der Waals surface area contributed by atoms with Crippen LogP contribution in [0.3, 0.4) is 0 Å². The fourth-order valence-electron chi connectivity index (χ4n) is 2.11. The van der Waals surface area contributed by atoms with Gasteiger partial charge in [0.2, 0.25) is 0 Å². The molecule has 0 heterocycles. The Bertz CT molecular complexity index is 795. The van der Waals surface area contributed by atoms with Crippen LogP contribution in [0.1, 0.15) is 12.5 Å². The van der Waals surface area contributed by atoms with Crippen molar-refractivity contribution in [3.63, 3.8) is 0 Å². The minimum Gasteiger partial charge on any atom is -0.457 e. The Hall–Kier alpha value is -3.37. The summed E-state index contributed by atoms with van der Waals surface area (Å²) in [6.45, 7) is 2.06. The predicted molar refractivity (Wildman–Crippen MR) is 95.8 cm³/mol. The molecule has 134 valence electrons. The molecule has 2 rings (SSSR count). The van der Waals surface area contributed by atoms with Gasteiger partial charge >= 0.3 is 11.8 Å². The number of nitrogens with zero attached hydrogens (tertiary/aromatic N) is 1. The summed E-state index contributed by atoms with van der Waals surface area (Å²) in [5, 5.41) is 13.8. The first-order valence-electron chi connectivity index (χ1n) is 7.90. The van der Waals surface area contributed by atoms with E-state index in [0.717, 1.165) is 0 Å². The lowest BCUT2D eigenvalue weighted by Gasteiger charge is -2.12. The van der Waals surface area contributed by atoms with E-state index in [9.17, 15) is 9.59 Å². The summed E-state index contributed by atoms with van der Waals surface area (Å²) in [7, 11) is 1.52. The molecule has 2 N–H and O–H groups in total. The van der Waals surface area contributed by atoms with Gasteiger partial charge in [-0.3, -0.25) is 9.59 Å². The number of hydrogen-bond acceptors (Lipinski definition) is 5. The van der Waals surface area contributed by atoms with E-state index in [1.165, 1.54) is 7.11 Å². The molecule has 0 saturated heterocycles. The second kappa shape index (κ2) is 9.20. The van der Waals surface area contributed by atoms with Crippen LogP contribution in [0.2, 0.25) is 0 Å². The zero-order valence-electron chi connectivity index (χ0n) is 14.5. The van der Waals surface area contributed by atoms with Gasteiger partial charge in [-0.25, -0.2) is 0 Å². The summed E-state index contributed by atoms with van der Waals surface area (Å²) in [6, 6.07) is 15.1. The van der Waals surface area contributed by atoms with Crippen LogP contribution in [0.15, 0.2) is 48.5 Å². The molecule has 1 atom stereocenters. The molecule has 2 amide bonds. The topological polar surface area (TPSA) is 100 Å². The Morgan fingerprint density at radius 2 is 1.62 bits per heavy atom. The number of nitrogens with one attached hydrogen (secondary N) is 2. The Morgan fingerprint density at radius 1 is 1.04 bits per heavy atom. The minimum atomic E-state index is -0.756. The van der Waals surface area contributed by atoms with E-state index in [1.54, 1.807) is 55.5 Å². The van der Waals surface area contributed by atoms with Crippen molar-refractivity contribution in [2.75, 3.05) is 19.0 Å². The Kier molecular flexibility index (Phi) is 6.71. The number of nitriles is 1. The third-order valence-electron chi connectivity index (χ3n) is 3.33. The molecule has 7 heteroatoms. The molecule has 7 nitrogen and oxygen atoms in total. The fourth-order valence-corrected chi connectivity index (χ4v) is 2.11. The van der Waals surface area contributed by atoms with Gasteiger partial charge in [0, 0.05) is 18.8 Å². The van der Waals surface area contributed by atoms with E-state index in [4.69, 9.17) is 14.7 Å². The molecule has 0 fully saturated rings. The van der Waals surface area contributed by atoms with Gasteiger partial charge in [0.05, 0.1) is 18.2 Å². The van der Waals surface area contributed by atoms with Gasteiger partial charge in [0.25, 0.3) is 0 Å². The third kappa shape index (κ3) is 5.61. The lowest BCUT2D eigenvalue weighted by molar-refractivity contribution is -0.136. The number of amides is 2. The highest BCUT2D eigenvalue weighted by molar-refractivity contribution is 6.39. The van der Waals surface area contributed by atoms with Crippen molar-refractivity contribution >= 4 is 17.5 Å². The number of ether oxygens (including phenoxy) is 2. The Morgan fingerprint density at radius 3 is 2.15 bits per heavy atom. The van der Waals surface area contributed by atoms with Crippen LogP contribution in [0, 0.1) is 11.3 Å². The van der Waals surface area contributed by atoms with Crippen molar-refractivity contribution in [1.29, 1.82) is 5.26 Å². The molecular weight excluding hydrogens is 334 g/mol. The molecular formula is C19H19N3O4. The summed E-state index contributed by atoms with van der Waals surface area (Å²) in [6.07, 6.45) is 0. The van der Waals surface area contributed by atoms with Crippen LogP contribution >= 0.6 is 0 Å². The maximum absolute atomic E-state index is 11.9. The van der Waals surface area contributed by atoms with Crippen molar-refractivity contribution in [3.8, 4) is 17.6 Å². The average Bonchev–Trinajstić information content (AvgIpc) is 2.64. The molecule has 0 spiro atoms. The van der Waals surface area contributed by atoms with Crippen LogP contribution < -0.4 is 15.4 Å². The number of carbonyl (C=O) groups is 2. The molecule has 0 radical (unpaired) electrons. The standard InChI is InChI=1S/C19H19N3O4/c1-13(12-25-2)21-18(23)19(24)22-15-5-9-17(10-6-15)26-16-7-3-14(11-20)4-8-16/h3-10,13H,12H2,1-2H3,(H,21,23)(H,22,24). The van der Waals surface area contributed by atoms with Gasteiger partial charge in [0.1, 0.15) is 11.5 Å². The molecule has 0 aliphatic carbocycles. The fraction of sp³-hybridized carbons (Fsp3) is 0.211. The van der Waals surface area contributed by atoms with E-state index < -0.39 is 11.8 Å². The molecule has 0 aliphatic heterocycles. The van der Waals surface area contributed by atoms with Crippen molar-refractivity contribution in [2.24, 2.45) is 0 Å². The average molecular weight is 353 g/mol. The van der Waals surface area contributed by atoms with Crippen LogP contribution in [0.25, 0.3) is 0 Å². The lowest BCUT2D eigenvalue weighted by Crippen LogP contribution is -2.42. The number of hydrogen-bond donors (Lipinski definition) is 2. The normalized spacial score (nSPS) is 11.1. The highest BCUT2D eigenvalue weighted by Crippen LogP contribution is 2.23. The second-order valence-corrected chi connectivity index (χ2v) is 5.55. The Labute approximate surface area is 151 Å². The largest absolute Gasteiger partial charge is 0.457 e. The van der Waals surface area contributed by atoms with Gasteiger partial charge in [-0.2, -0.15) is 5.26 Å². The zero-order chi connectivity index (χ0) is 18.9. The number of benzene rings is 2. The van der Waals surface area contributed by atoms with Crippen molar-refractivity contribution in [1.82, 2.24) is 5.32 Å². The maximum Gasteiger partial charge on any atom is 0.313 e. The predicted octanol–water partition coefficient (Wildman–Crippen LogP) is 2.44. The number of rotatable bonds is 6. The summed E-state index contributed by atoms with van der Waals surface area (Å²) in [4.78, 5) is 23.6. The maximum atomic E-state index is 11.9. The first kappa shape index (κ1) is 19.0. The lowest BCUT2D eigenvalue weighted by atomic mass is 10.2. The monoisotopic (exact) mass is 353 g/mol. The Balaban J connectivity index is 1.91. The molecule has 0 bridgehead atoms. The molecule has 26 heavy (non-hydrogen) atoms. The van der Waals surface area contributed by atoms with Crippen molar-refractivity contribution in [2.45, 2.75) is 13.0 Å². The first-order valence-corrected chi connectivity index (χ1v) is 7.90. The van der Waals surface area contributed by atoms with Gasteiger partial charge in [-0.15, -0.1) is 0 Å². The van der Waals surface area contributed by atoms with Gasteiger partial charge < -0.3 is 20.1 Å². The van der Waals surface area contributed by atoms with E-state index in [0.29, 0.717) is 29.4 Å². The van der Waals surface area contributed by atoms with E-state index >= 15 is 0 Å². The summed E-state index contributed by atoms with van der Waals surface area (Å²) in [5.74, 6) is -0.334. The molecule has 0 saturated carbocycles. The number of anilines is 1. The van der Waals surface area contributed by atoms with E-state index in [2.05, 4.69) is 10.6 Å². The SMILES string of the molecule is COCC(C)NC(=O)C(=O)Nc1ccc(Oc2ccc(C#N)cc2)cc1. The van der Waals surface area contributed by atoms with Crippen LogP contribution in [0.5, 0.6) is 11.5 Å². The molecule has 1 unspecified atom stereocenters. The number of carbonyl (C=O) groups excluding carboxylic acids is 2. The van der Waals surface area contributed by atoms with E-state index in [1.807, 2.05) is 6.07 Å². The quantitative estimate of drug-likeness (QED) is 0.777. The summed E-state index contributed by atoms with van der Waals surface area (Å²) >= 11 is 0. The van der Waals surface area contributed by atoms with Crippen molar-refractivity contribution in [3.05, 3.63) is 54.1 Å². The molecule has 2 aromatic rings. The van der Waals surface area contributed by atoms with Gasteiger partial charge in [-0.05, 0) is 55.5 Å². The van der Waals surface area contributed by atoms with Gasteiger partial charge in [0.15, 0.2) is 0 Å².